The molecule has 0 bridgehead atoms. The highest BCUT2D eigenvalue weighted by Crippen LogP contribution is 2.37. The van der Waals surface area contributed by atoms with Crippen molar-refractivity contribution in [3.8, 4) is 23.3 Å². The molecular weight excluding hydrogens is 564 g/mol. The zero-order chi connectivity index (χ0) is 28.4. The van der Waals surface area contributed by atoms with Crippen LogP contribution >= 0.6 is 15.9 Å². The number of ether oxygens (including phenoxy) is 3. The van der Waals surface area contributed by atoms with Gasteiger partial charge in [0.2, 0.25) is 0 Å². The third kappa shape index (κ3) is 7.82. The van der Waals surface area contributed by atoms with Gasteiger partial charge in [-0.3, -0.25) is 9.59 Å². The van der Waals surface area contributed by atoms with Gasteiger partial charge in [-0.2, -0.15) is 10.4 Å². The first-order chi connectivity index (χ1) is 18.8. The van der Waals surface area contributed by atoms with Crippen LogP contribution in [0.5, 0.6) is 17.2 Å². The molecule has 1 unspecified atom stereocenters. The minimum Gasteiger partial charge on any atom is -0.497 e. The van der Waals surface area contributed by atoms with E-state index < -0.39 is 11.9 Å². The summed E-state index contributed by atoms with van der Waals surface area (Å²) in [5.74, 6) is 0.527. The molecule has 39 heavy (non-hydrogen) atoms. The fraction of sp³-hybridized carbons (Fsp3) is 0.241. The van der Waals surface area contributed by atoms with Crippen LogP contribution in [0.15, 0.2) is 70.2 Å². The number of amides is 2. The summed E-state index contributed by atoms with van der Waals surface area (Å²) in [7, 11) is 3.06. The number of carbonyl (C=O) groups excluding carboxylic acids is 2. The molecule has 3 aromatic rings. The van der Waals surface area contributed by atoms with E-state index in [-0.39, 0.29) is 18.4 Å². The highest BCUT2D eigenvalue weighted by atomic mass is 79.9. The van der Waals surface area contributed by atoms with E-state index in [1.165, 1.54) is 13.3 Å². The first-order valence-electron chi connectivity index (χ1n) is 12.0. The Hall–Kier alpha value is -4.36. The molecule has 0 saturated heterocycles. The number of hydrazone groups is 1. The van der Waals surface area contributed by atoms with Crippen molar-refractivity contribution in [3.05, 3.63) is 87.4 Å². The summed E-state index contributed by atoms with van der Waals surface area (Å²) in [5.41, 5.74) is 4.82. The van der Waals surface area contributed by atoms with Crippen molar-refractivity contribution in [3.63, 3.8) is 0 Å². The average molecular weight is 593 g/mol. The summed E-state index contributed by atoms with van der Waals surface area (Å²) in [6.07, 6.45) is 1.46. The van der Waals surface area contributed by atoms with Gasteiger partial charge < -0.3 is 19.5 Å². The Morgan fingerprint density at radius 3 is 2.44 bits per heavy atom. The first kappa shape index (κ1) is 29.2. The zero-order valence-electron chi connectivity index (χ0n) is 22.0. The molecule has 0 saturated carbocycles. The lowest BCUT2D eigenvalue weighted by molar-refractivity contribution is -0.123. The molecule has 0 fully saturated rings. The standard InChI is InChI=1S/C29H29BrN4O5/c1-18(2)26(33-28(35)20-9-11-23(37-3)12-10-20)29(36)34-32-16-19-13-24(30)27(25(14-19)38-4)39-17-22-8-6-5-7-21(22)15-31/h5-14,16,18,26H,17H2,1-4H3,(H,33,35)(H,34,36)/b32-16+. The van der Waals surface area contributed by atoms with Crippen LogP contribution < -0.4 is 25.0 Å². The van der Waals surface area contributed by atoms with Gasteiger partial charge in [-0.15, -0.1) is 0 Å². The highest BCUT2D eigenvalue weighted by molar-refractivity contribution is 9.10. The molecule has 0 aliphatic carbocycles. The molecule has 0 aliphatic heterocycles. The van der Waals surface area contributed by atoms with Gasteiger partial charge in [-0.25, -0.2) is 5.43 Å². The first-order valence-corrected chi connectivity index (χ1v) is 12.8. The van der Waals surface area contributed by atoms with Crippen molar-refractivity contribution in [2.24, 2.45) is 11.0 Å². The fourth-order valence-electron chi connectivity index (χ4n) is 3.60. The van der Waals surface area contributed by atoms with Gasteiger partial charge in [-0.1, -0.05) is 32.0 Å². The molecule has 0 spiro atoms. The van der Waals surface area contributed by atoms with E-state index in [9.17, 15) is 14.9 Å². The minimum absolute atomic E-state index is 0.181. The number of nitriles is 1. The number of methoxy groups -OCH3 is 2. The van der Waals surface area contributed by atoms with Crippen LogP contribution in [0.2, 0.25) is 0 Å². The maximum absolute atomic E-state index is 12.8. The summed E-state index contributed by atoms with van der Waals surface area (Å²) in [4.78, 5) is 25.5. The number of halogens is 1. The molecule has 0 radical (unpaired) electrons. The van der Waals surface area contributed by atoms with Gasteiger partial charge in [0, 0.05) is 11.1 Å². The maximum atomic E-state index is 12.8. The highest BCUT2D eigenvalue weighted by Gasteiger charge is 2.24. The second-order valence-electron chi connectivity index (χ2n) is 8.75. The molecule has 3 aromatic carbocycles. The van der Waals surface area contributed by atoms with Crippen LogP contribution in [-0.2, 0) is 11.4 Å². The van der Waals surface area contributed by atoms with Crippen LogP contribution in [0.4, 0.5) is 0 Å². The van der Waals surface area contributed by atoms with Gasteiger partial charge >= 0.3 is 0 Å². The van der Waals surface area contributed by atoms with Crippen molar-refractivity contribution in [2.75, 3.05) is 14.2 Å². The topological polar surface area (TPSA) is 122 Å². The SMILES string of the molecule is COc1ccc(C(=O)NC(C(=O)N/N=C/c2cc(Br)c(OCc3ccccc3C#N)c(OC)c2)C(C)C)cc1. The van der Waals surface area contributed by atoms with Crippen LogP contribution in [0.1, 0.15) is 40.9 Å². The third-order valence-electron chi connectivity index (χ3n) is 5.74. The number of hydrogen-bond donors (Lipinski definition) is 2. The Morgan fingerprint density at radius 2 is 1.79 bits per heavy atom. The van der Waals surface area contributed by atoms with Crippen LogP contribution in [-0.4, -0.2) is 38.3 Å². The maximum Gasteiger partial charge on any atom is 0.262 e. The second kappa shape index (κ2) is 14.0. The van der Waals surface area contributed by atoms with Crippen LogP contribution in [0.3, 0.4) is 0 Å². The molecule has 10 heteroatoms. The summed E-state index contributed by atoms with van der Waals surface area (Å²) in [6.45, 7) is 3.84. The Bertz CT molecular complexity index is 1380. The molecule has 0 heterocycles. The lowest BCUT2D eigenvalue weighted by atomic mass is 10.0. The molecule has 9 nitrogen and oxygen atoms in total. The van der Waals surface area contributed by atoms with E-state index in [2.05, 4.69) is 37.8 Å². The van der Waals surface area contributed by atoms with E-state index in [0.717, 1.165) is 5.56 Å². The Kier molecular flexibility index (Phi) is 10.5. The second-order valence-corrected chi connectivity index (χ2v) is 9.60. The van der Waals surface area contributed by atoms with E-state index in [1.807, 2.05) is 26.0 Å². The van der Waals surface area contributed by atoms with Gasteiger partial charge in [0.25, 0.3) is 11.8 Å². The Morgan fingerprint density at radius 1 is 1.08 bits per heavy atom. The third-order valence-corrected chi connectivity index (χ3v) is 6.33. The van der Waals surface area contributed by atoms with Crippen LogP contribution in [0, 0.1) is 17.2 Å². The molecule has 1 atom stereocenters. The number of rotatable bonds is 11. The summed E-state index contributed by atoms with van der Waals surface area (Å²) in [6, 6.07) is 18.6. The molecule has 0 aromatic heterocycles. The number of carbonyl (C=O) groups is 2. The molecule has 202 valence electrons. The molecule has 0 aliphatic rings. The lowest BCUT2D eigenvalue weighted by Crippen LogP contribution is -2.48. The van der Waals surface area contributed by atoms with Gasteiger partial charge in [0.05, 0.1) is 36.5 Å². The van der Waals surface area contributed by atoms with Crippen molar-refractivity contribution in [1.82, 2.24) is 10.7 Å². The summed E-state index contributed by atoms with van der Waals surface area (Å²) in [5, 5.41) is 16.1. The number of hydrogen-bond acceptors (Lipinski definition) is 7. The minimum atomic E-state index is -0.801. The molecule has 3 rings (SSSR count). The summed E-state index contributed by atoms with van der Waals surface area (Å²) < 4.78 is 17.2. The van der Waals surface area contributed by atoms with E-state index in [1.54, 1.807) is 55.6 Å². The van der Waals surface area contributed by atoms with Crippen molar-refractivity contribution >= 4 is 34.0 Å². The fourth-order valence-corrected chi connectivity index (χ4v) is 4.18. The number of benzene rings is 3. The largest absolute Gasteiger partial charge is 0.497 e. The van der Waals surface area contributed by atoms with Crippen molar-refractivity contribution in [1.29, 1.82) is 5.26 Å². The van der Waals surface area contributed by atoms with E-state index in [4.69, 9.17) is 14.2 Å². The quantitative estimate of drug-likeness (QED) is 0.243. The predicted octanol–water partition coefficient (Wildman–Crippen LogP) is 4.82. The van der Waals surface area contributed by atoms with E-state index >= 15 is 0 Å². The van der Waals surface area contributed by atoms with Gasteiger partial charge in [-0.05, 0) is 69.9 Å². The number of nitrogens with zero attached hydrogens (tertiary/aromatic N) is 2. The predicted molar refractivity (Wildman–Crippen MR) is 151 cm³/mol. The Balaban J connectivity index is 1.66. The zero-order valence-corrected chi connectivity index (χ0v) is 23.6. The molecule has 2 N–H and O–H groups in total. The molecule has 2 amide bonds. The van der Waals surface area contributed by atoms with Crippen LogP contribution in [0.25, 0.3) is 0 Å². The monoisotopic (exact) mass is 592 g/mol. The molecular formula is C29H29BrN4O5. The van der Waals surface area contributed by atoms with E-state index in [0.29, 0.717) is 38.4 Å². The van der Waals surface area contributed by atoms with Gasteiger partial charge in [0.15, 0.2) is 11.5 Å². The van der Waals surface area contributed by atoms with Crippen molar-refractivity contribution < 1.29 is 23.8 Å². The van der Waals surface area contributed by atoms with Crippen molar-refractivity contribution in [2.45, 2.75) is 26.5 Å². The summed E-state index contributed by atoms with van der Waals surface area (Å²) >= 11 is 3.50. The Labute approximate surface area is 235 Å². The lowest BCUT2D eigenvalue weighted by Gasteiger charge is -2.20. The average Bonchev–Trinajstić information content (AvgIpc) is 2.94. The normalized spacial score (nSPS) is 11.5. The number of nitrogens with one attached hydrogen (secondary N) is 2. The van der Waals surface area contributed by atoms with Gasteiger partial charge in [0.1, 0.15) is 18.4 Å². The smallest absolute Gasteiger partial charge is 0.262 e.